The molecule has 0 aliphatic rings. The average molecular weight is 637 g/mol. The topological polar surface area (TPSA) is 86.8 Å². The summed E-state index contributed by atoms with van der Waals surface area (Å²) in [6, 6.07) is 18.9. The first-order chi connectivity index (χ1) is 19.7. The minimum absolute atomic E-state index is 0.0598. The number of hydrogen-bond donors (Lipinski definition) is 1. The van der Waals surface area contributed by atoms with E-state index in [1.807, 2.05) is 51.1 Å². The molecule has 0 aromatic heterocycles. The molecular formula is C31H36Cl2FN3O4S. The predicted octanol–water partition coefficient (Wildman–Crippen LogP) is 6.23. The first-order valence-electron chi connectivity index (χ1n) is 13.5. The molecule has 3 aromatic carbocycles. The summed E-state index contributed by atoms with van der Waals surface area (Å²) in [5.74, 6) is -1.29. The normalized spacial score (nSPS) is 12.5. The Morgan fingerprint density at radius 1 is 0.976 bits per heavy atom. The molecule has 226 valence electrons. The van der Waals surface area contributed by atoms with Gasteiger partial charge in [0.05, 0.1) is 17.0 Å². The Morgan fingerprint density at radius 3 is 2.24 bits per heavy atom. The Labute approximate surface area is 257 Å². The van der Waals surface area contributed by atoms with Gasteiger partial charge in [0.25, 0.3) is 0 Å². The lowest BCUT2D eigenvalue weighted by atomic mass is 10.00. The van der Waals surface area contributed by atoms with Crippen LogP contribution in [0.2, 0.25) is 10.0 Å². The molecular weight excluding hydrogens is 600 g/mol. The fourth-order valence-electron chi connectivity index (χ4n) is 4.48. The van der Waals surface area contributed by atoms with Gasteiger partial charge in [0.15, 0.2) is 0 Å². The summed E-state index contributed by atoms with van der Waals surface area (Å²) in [5.41, 5.74) is 0.715. The minimum Gasteiger partial charge on any atom is -0.350 e. The molecule has 7 nitrogen and oxygen atoms in total. The van der Waals surface area contributed by atoms with Crippen molar-refractivity contribution in [2.75, 3.05) is 17.1 Å². The van der Waals surface area contributed by atoms with Gasteiger partial charge in [-0.05, 0) is 57.0 Å². The SMILES string of the molecule is CC(C)(C)NC(=O)C(Cc1ccccc1)N(Cc1ccccc1F)C(=O)CCCN(c1cc(Cl)ccc1Cl)S(C)(=O)=O. The molecule has 0 saturated heterocycles. The van der Waals surface area contributed by atoms with E-state index in [1.165, 1.54) is 23.1 Å². The number of rotatable bonds is 12. The van der Waals surface area contributed by atoms with Crippen LogP contribution >= 0.6 is 23.2 Å². The van der Waals surface area contributed by atoms with Crippen LogP contribution in [0.25, 0.3) is 0 Å². The Balaban J connectivity index is 1.93. The molecule has 0 heterocycles. The molecule has 1 unspecified atom stereocenters. The fourth-order valence-corrected chi connectivity index (χ4v) is 5.88. The lowest BCUT2D eigenvalue weighted by Crippen LogP contribution is -2.54. The molecule has 0 fully saturated rings. The van der Waals surface area contributed by atoms with Crippen molar-refractivity contribution in [3.8, 4) is 0 Å². The summed E-state index contributed by atoms with van der Waals surface area (Å²) in [6.07, 6.45) is 1.26. The highest BCUT2D eigenvalue weighted by molar-refractivity contribution is 7.92. The van der Waals surface area contributed by atoms with Gasteiger partial charge in [-0.15, -0.1) is 0 Å². The maximum absolute atomic E-state index is 14.8. The third-order valence-electron chi connectivity index (χ3n) is 6.40. The lowest BCUT2D eigenvalue weighted by molar-refractivity contribution is -0.142. The first kappa shape index (κ1) is 33.4. The van der Waals surface area contributed by atoms with Gasteiger partial charge >= 0.3 is 0 Å². The van der Waals surface area contributed by atoms with Crippen molar-refractivity contribution < 1.29 is 22.4 Å². The van der Waals surface area contributed by atoms with Gasteiger partial charge in [-0.1, -0.05) is 71.7 Å². The van der Waals surface area contributed by atoms with Crippen molar-refractivity contribution in [1.29, 1.82) is 0 Å². The monoisotopic (exact) mass is 635 g/mol. The van der Waals surface area contributed by atoms with E-state index in [-0.39, 0.29) is 54.5 Å². The van der Waals surface area contributed by atoms with E-state index >= 15 is 0 Å². The number of benzene rings is 3. The van der Waals surface area contributed by atoms with Gasteiger partial charge in [-0.3, -0.25) is 13.9 Å². The van der Waals surface area contributed by atoms with E-state index in [0.29, 0.717) is 5.02 Å². The highest BCUT2D eigenvalue weighted by Gasteiger charge is 2.33. The van der Waals surface area contributed by atoms with E-state index in [1.54, 1.807) is 24.3 Å². The molecule has 42 heavy (non-hydrogen) atoms. The van der Waals surface area contributed by atoms with Crippen LogP contribution in [0.1, 0.15) is 44.7 Å². The smallest absolute Gasteiger partial charge is 0.243 e. The summed E-state index contributed by atoms with van der Waals surface area (Å²) in [4.78, 5) is 28.9. The third kappa shape index (κ3) is 9.71. The summed E-state index contributed by atoms with van der Waals surface area (Å²) < 4.78 is 41.2. The Kier molecular flexibility index (Phi) is 11.4. The second kappa shape index (κ2) is 14.4. The Bertz CT molecular complexity index is 1500. The minimum atomic E-state index is -3.77. The Hall–Kier alpha value is -3.14. The molecule has 0 aliphatic carbocycles. The number of anilines is 1. The molecule has 3 aromatic rings. The third-order valence-corrected chi connectivity index (χ3v) is 8.13. The molecule has 2 amide bonds. The second-order valence-electron chi connectivity index (χ2n) is 11.1. The van der Waals surface area contributed by atoms with Gasteiger partial charge in [0, 0.05) is 42.1 Å². The molecule has 0 spiro atoms. The van der Waals surface area contributed by atoms with Crippen LogP contribution in [0.3, 0.4) is 0 Å². The van der Waals surface area contributed by atoms with Crippen molar-refractivity contribution in [1.82, 2.24) is 10.2 Å². The highest BCUT2D eigenvalue weighted by Crippen LogP contribution is 2.31. The van der Waals surface area contributed by atoms with Crippen molar-refractivity contribution >= 4 is 50.7 Å². The van der Waals surface area contributed by atoms with Crippen molar-refractivity contribution in [3.63, 3.8) is 0 Å². The Morgan fingerprint density at radius 2 is 1.62 bits per heavy atom. The van der Waals surface area contributed by atoms with Crippen LogP contribution in [0.5, 0.6) is 0 Å². The molecule has 0 aliphatic heterocycles. The molecule has 1 N–H and O–H groups in total. The number of halogens is 3. The predicted molar refractivity (Wildman–Crippen MR) is 167 cm³/mol. The van der Waals surface area contributed by atoms with Gasteiger partial charge in [-0.25, -0.2) is 12.8 Å². The zero-order valence-corrected chi connectivity index (χ0v) is 26.4. The number of carbonyl (C=O) groups excluding carboxylic acids is 2. The zero-order valence-electron chi connectivity index (χ0n) is 24.1. The van der Waals surface area contributed by atoms with E-state index in [9.17, 15) is 22.4 Å². The first-order valence-corrected chi connectivity index (χ1v) is 16.1. The standard InChI is InChI=1S/C31H36Cl2FN3O4S/c1-31(2,3)35-30(39)28(19-22-11-6-5-7-12-22)36(21-23-13-8-9-14-26(23)34)29(38)15-10-18-37(42(4,40)41)27-20-24(32)16-17-25(27)33/h5-9,11-14,16-17,20,28H,10,15,18-19,21H2,1-4H3,(H,35,39). The van der Waals surface area contributed by atoms with Crippen LogP contribution in [-0.4, -0.2) is 49.5 Å². The molecule has 0 radical (unpaired) electrons. The molecule has 0 saturated carbocycles. The number of nitrogens with zero attached hydrogens (tertiary/aromatic N) is 2. The number of nitrogens with one attached hydrogen (secondary N) is 1. The summed E-state index contributed by atoms with van der Waals surface area (Å²) in [6.45, 7) is 5.32. The number of amides is 2. The zero-order chi connectivity index (χ0) is 31.1. The number of sulfonamides is 1. The summed E-state index contributed by atoms with van der Waals surface area (Å²) >= 11 is 12.4. The quantitative estimate of drug-likeness (QED) is 0.255. The molecule has 1 atom stereocenters. The highest BCUT2D eigenvalue weighted by atomic mass is 35.5. The molecule has 0 bridgehead atoms. The van der Waals surface area contributed by atoms with Crippen LogP contribution in [-0.2, 0) is 32.6 Å². The summed E-state index contributed by atoms with van der Waals surface area (Å²) in [7, 11) is -3.77. The van der Waals surface area contributed by atoms with Crippen molar-refractivity contribution in [3.05, 3.63) is 99.8 Å². The van der Waals surface area contributed by atoms with E-state index < -0.39 is 33.3 Å². The largest absolute Gasteiger partial charge is 0.350 e. The van der Waals surface area contributed by atoms with E-state index in [4.69, 9.17) is 23.2 Å². The van der Waals surface area contributed by atoms with Crippen LogP contribution in [0, 0.1) is 5.82 Å². The van der Waals surface area contributed by atoms with Crippen LogP contribution in [0.4, 0.5) is 10.1 Å². The summed E-state index contributed by atoms with van der Waals surface area (Å²) in [5, 5.41) is 3.46. The average Bonchev–Trinajstić information content (AvgIpc) is 2.90. The van der Waals surface area contributed by atoms with Crippen molar-refractivity contribution in [2.45, 2.75) is 58.2 Å². The van der Waals surface area contributed by atoms with Crippen LogP contribution in [0.15, 0.2) is 72.8 Å². The van der Waals surface area contributed by atoms with Crippen molar-refractivity contribution in [2.24, 2.45) is 0 Å². The number of hydrogen-bond acceptors (Lipinski definition) is 4. The van der Waals surface area contributed by atoms with Gasteiger partial charge in [-0.2, -0.15) is 0 Å². The van der Waals surface area contributed by atoms with E-state index in [0.717, 1.165) is 16.1 Å². The molecule has 3 rings (SSSR count). The fraction of sp³-hybridized carbons (Fsp3) is 0.355. The maximum atomic E-state index is 14.8. The number of carbonyl (C=O) groups is 2. The lowest BCUT2D eigenvalue weighted by Gasteiger charge is -2.34. The maximum Gasteiger partial charge on any atom is 0.243 e. The van der Waals surface area contributed by atoms with E-state index in [2.05, 4.69) is 5.32 Å². The van der Waals surface area contributed by atoms with Crippen LogP contribution < -0.4 is 9.62 Å². The second-order valence-corrected chi connectivity index (χ2v) is 13.8. The van der Waals surface area contributed by atoms with Gasteiger partial charge in [0.1, 0.15) is 11.9 Å². The van der Waals surface area contributed by atoms with Gasteiger partial charge in [0.2, 0.25) is 21.8 Å². The molecule has 11 heteroatoms. The van der Waals surface area contributed by atoms with Gasteiger partial charge < -0.3 is 10.2 Å².